The maximum Gasteiger partial charge on any atom is 0.407 e. The van der Waals surface area contributed by atoms with Gasteiger partial charge >= 0.3 is 12.1 Å². The minimum Gasteiger partial charge on any atom is -0.466 e. The van der Waals surface area contributed by atoms with E-state index in [9.17, 15) is 14.4 Å². The number of nitrogens with two attached hydrogens (primary N) is 1. The van der Waals surface area contributed by atoms with Crippen molar-refractivity contribution in [1.29, 1.82) is 0 Å². The fourth-order valence-corrected chi connectivity index (χ4v) is 4.38. The summed E-state index contributed by atoms with van der Waals surface area (Å²) in [5.41, 5.74) is 7.04. The average molecular weight is 466 g/mol. The molecule has 0 aromatic heterocycles. The summed E-state index contributed by atoms with van der Waals surface area (Å²) in [6, 6.07) is 9.02. The molecule has 0 unspecified atom stereocenters. The number of hydrogen-bond acceptors (Lipinski definition) is 7. The van der Waals surface area contributed by atoms with Gasteiger partial charge in [0.1, 0.15) is 6.61 Å². The van der Waals surface area contributed by atoms with Crippen LogP contribution >= 0.6 is 11.8 Å². The lowest BCUT2D eigenvalue weighted by atomic mass is 9.93. The highest BCUT2D eigenvalue weighted by molar-refractivity contribution is 7.99. The molecular weight excluding hydrogens is 430 g/mol. The van der Waals surface area contributed by atoms with E-state index in [1.165, 1.54) is 6.92 Å². The van der Waals surface area contributed by atoms with Crippen LogP contribution in [0.3, 0.4) is 0 Å². The number of alkyl carbamates (subject to hydrolysis) is 1. The fourth-order valence-electron chi connectivity index (χ4n) is 3.47. The average Bonchev–Trinajstić information content (AvgIpc) is 2.80. The molecule has 1 saturated heterocycles. The zero-order valence-corrected chi connectivity index (χ0v) is 19.6. The van der Waals surface area contributed by atoms with Gasteiger partial charge in [-0.2, -0.15) is 11.8 Å². The largest absolute Gasteiger partial charge is 0.466 e. The lowest BCUT2D eigenvalue weighted by molar-refractivity contribution is -0.141. The van der Waals surface area contributed by atoms with E-state index in [4.69, 9.17) is 15.2 Å². The Kier molecular flexibility index (Phi) is 12.0. The summed E-state index contributed by atoms with van der Waals surface area (Å²) in [5, 5.41) is 2.73. The van der Waals surface area contributed by atoms with Crippen LogP contribution in [0.25, 0.3) is 0 Å². The normalized spacial score (nSPS) is 15.1. The van der Waals surface area contributed by atoms with Crippen LogP contribution in [0.1, 0.15) is 38.2 Å². The van der Waals surface area contributed by atoms with Gasteiger partial charge in [-0.15, -0.1) is 0 Å². The molecule has 0 radical (unpaired) electrons. The third-order valence-electron chi connectivity index (χ3n) is 5.32. The number of ether oxygens (including phenoxy) is 2. The van der Waals surface area contributed by atoms with Gasteiger partial charge in [0.2, 0.25) is 5.91 Å². The first kappa shape index (κ1) is 26.0. The van der Waals surface area contributed by atoms with Gasteiger partial charge in [-0.25, -0.2) is 4.79 Å². The molecule has 1 aliphatic rings. The number of carbonyl (C=O) groups excluding carboxylic acids is 3. The third-order valence-corrected chi connectivity index (χ3v) is 6.49. The fraction of sp³-hybridized carbons (Fsp3) is 0.609. The highest BCUT2D eigenvalue weighted by Crippen LogP contribution is 2.21. The Morgan fingerprint density at radius 2 is 1.91 bits per heavy atom. The quantitative estimate of drug-likeness (QED) is 0.360. The first-order chi connectivity index (χ1) is 15.5. The lowest BCUT2D eigenvalue weighted by Crippen LogP contribution is -2.48. The Morgan fingerprint density at radius 3 is 2.59 bits per heavy atom. The van der Waals surface area contributed by atoms with Gasteiger partial charge in [0.15, 0.2) is 0 Å². The van der Waals surface area contributed by atoms with E-state index in [0.717, 1.165) is 37.0 Å². The first-order valence-corrected chi connectivity index (χ1v) is 12.3. The summed E-state index contributed by atoms with van der Waals surface area (Å²) in [4.78, 5) is 36.9. The molecule has 1 aliphatic heterocycles. The summed E-state index contributed by atoms with van der Waals surface area (Å²) in [7, 11) is 0. The molecule has 9 heteroatoms. The number of benzene rings is 1. The van der Waals surface area contributed by atoms with Crippen LogP contribution < -0.4 is 11.1 Å². The Bertz CT molecular complexity index is 711. The molecule has 0 aliphatic carbocycles. The smallest absolute Gasteiger partial charge is 0.407 e. The molecule has 1 fully saturated rings. The van der Waals surface area contributed by atoms with Crippen LogP contribution in [0, 0.1) is 5.92 Å². The number of nitrogens with zero attached hydrogens (tertiary/aromatic N) is 1. The van der Waals surface area contributed by atoms with Crippen molar-refractivity contribution in [2.24, 2.45) is 11.7 Å². The number of thioether (sulfide) groups is 1. The molecule has 0 bridgehead atoms. The molecule has 1 atom stereocenters. The van der Waals surface area contributed by atoms with E-state index in [-0.39, 0.29) is 18.5 Å². The van der Waals surface area contributed by atoms with E-state index >= 15 is 0 Å². The number of esters is 1. The summed E-state index contributed by atoms with van der Waals surface area (Å²) in [5.74, 6) is 1.59. The van der Waals surface area contributed by atoms with Gasteiger partial charge in [0.05, 0.1) is 12.6 Å². The second-order valence-corrected chi connectivity index (χ2v) is 9.07. The number of carbonyl (C=O) groups is 3. The number of nitrogens with one attached hydrogen (secondary N) is 1. The Hall–Kier alpha value is -2.26. The Balaban J connectivity index is 1.49. The molecule has 3 N–H and O–H groups in total. The van der Waals surface area contributed by atoms with Gasteiger partial charge < -0.3 is 25.4 Å². The first-order valence-electron chi connectivity index (χ1n) is 11.2. The van der Waals surface area contributed by atoms with Gasteiger partial charge in [-0.1, -0.05) is 30.3 Å². The van der Waals surface area contributed by atoms with E-state index < -0.39 is 12.1 Å². The molecule has 1 aromatic rings. The monoisotopic (exact) mass is 465 g/mol. The third kappa shape index (κ3) is 10.4. The summed E-state index contributed by atoms with van der Waals surface area (Å²) in [6.07, 6.45) is 3.02. The van der Waals surface area contributed by atoms with Crippen molar-refractivity contribution in [3.8, 4) is 0 Å². The molecule has 2 rings (SSSR count). The highest BCUT2D eigenvalue weighted by Gasteiger charge is 2.26. The molecule has 0 saturated carbocycles. The maximum atomic E-state index is 12.6. The minimum atomic E-state index is -0.513. The van der Waals surface area contributed by atoms with E-state index in [1.54, 1.807) is 11.8 Å². The van der Waals surface area contributed by atoms with Crippen molar-refractivity contribution in [3.63, 3.8) is 0 Å². The van der Waals surface area contributed by atoms with Crippen molar-refractivity contribution >= 4 is 29.7 Å². The standard InChI is InChI=1S/C23H35N3O5S/c1-18(27)30-14-10-19-8-12-26(13-9-19)22(28)21(24)17-32-15-5-11-25-23(29)31-16-20-6-3-2-4-7-20/h2-4,6-7,19,21H,5,8-17,24H2,1H3,(H,25,29)/t21-/m0/s1. The summed E-state index contributed by atoms with van der Waals surface area (Å²) >= 11 is 1.62. The summed E-state index contributed by atoms with van der Waals surface area (Å²) < 4.78 is 10.2. The number of likely N-dealkylation sites (tertiary alicyclic amines) is 1. The van der Waals surface area contributed by atoms with E-state index in [0.29, 0.717) is 37.9 Å². The predicted octanol–water partition coefficient (Wildman–Crippen LogP) is 2.56. The maximum absolute atomic E-state index is 12.6. The zero-order valence-electron chi connectivity index (χ0n) is 18.8. The predicted molar refractivity (Wildman–Crippen MR) is 125 cm³/mol. The minimum absolute atomic E-state index is 0.00134. The summed E-state index contributed by atoms with van der Waals surface area (Å²) in [6.45, 7) is 4.04. The number of rotatable bonds is 12. The second kappa shape index (κ2) is 14.7. The Morgan fingerprint density at radius 1 is 1.19 bits per heavy atom. The van der Waals surface area contributed by atoms with Gasteiger partial charge in [-0.3, -0.25) is 9.59 Å². The van der Waals surface area contributed by atoms with Crippen LogP contribution in [0.15, 0.2) is 30.3 Å². The van der Waals surface area contributed by atoms with Crippen molar-refractivity contribution in [1.82, 2.24) is 10.2 Å². The molecule has 2 amide bonds. The second-order valence-electron chi connectivity index (χ2n) is 7.92. The molecule has 0 spiro atoms. The van der Waals surface area contributed by atoms with Crippen LogP contribution in [-0.4, -0.2) is 66.7 Å². The SMILES string of the molecule is CC(=O)OCCC1CCN(C(=O)[C@@H](N)CSCCCNC(=O)OCc2ccccc2)CC1. The van der Waals surface area contributed by atoms with Gasteiger partial charge in [-0.05, 0) is 42.9 Å². The van der Waals surface area contributed by atoms with Crippen LogP contribution in [-0.2, 0) is 25.7 Å². The number of piperidine rings is 1. The topological polar surface area (TPSA) is 111 Å². The molecule has 1 heterocycles. The zero-order chi connectivity index (χ0) is 23.2. The number of amides is 2. The van der Waals surface area contributed by atoms with Crippen molar-refractivity contribution in [3.05, 3.63) is 35.9 Å². The molecule has 178 valence electrons. The molecule has 32 heavy (non-hydrogen) atoms. The molecule has 1 aromatic carbocycles. The molecule has 8 nitrogen and oxygen atoms in total. The molecular formula is C23H35N3O5S. The van der Waals surface area contributed by atoms with Crippen LogP contribution in [0.4, 0.5) is 4.79 Å². The van der Waals surface area contributed by atoms with Crippen molar-refractivity contribution in [2.45, 2.75) is 45.3 Å². The number of hydrogen-bond donors (Lipinski definition) is 2. The highest BCUT2D eigenvalue weighted by atomic mass is 32.2. The van der Waals surface area contributed by atoms with Gasteiger partial charge in [0.25, 0.3) is 0 Å². The van der Waals surface area contributed by atoms with Crippen LogP contribution in [0.5, 0.6) is 0 Å². The van der Waals surface area contributed by atoms with E-state index in [1.807, 2.05) is 35.2 Å². The Labute approximate surface area is 194 Å². The van der Waals surface area contributed by atoms with Crippen molar-refractivity contribution in [2.75, 3.05) is 37.7 Å². The van der Waals surface area contributed by atoms with E-state index in [2.05, 4.69) is 5.32 Å². The van der Waals surface area contributed by atoms with Gasteiger partial charge in [0, 0.05) is 32.3 Å². The van der Waals surface area contributed by atoms with Crippen LogP contribution in [0.2, 0.25) is 0 Å². The van der Waals surface area contributed by atoms with Crippen molar-refractivity contribution < 1.29 is 23.9 Å². The lowest BCUT2D eigenvalue weighted by Gasteiger charge is -2.33.